The van der Waals surface area contributed by atoms with E-state index in [1.54, 1.807) is 30.8 Å². The second kappa shape index (κ2) is 9.47. The van der Waals surface area contributed by atoms with Crippen molar-refractivity contribution >= 4 is 17.7 Å². The molecule has 2 aromatic rings. The normalized spacial score (nSPS) is 11.8. The van der Waals surface area contributed by atoms with Crippen LogP contribution in [0, 0.1) is 19.7 Å². The standard InChI is InChI=1S/C20H24FNO2S/c1-14-8-9-18(12-15(14)2)24-16(3)20(23)22-10-11-25-13-17-6-4-5-7-19(17)21/h4-9,12,16H,10-11,13H2,1-3H3,(H,22,23)/t16-/m0/s1. The Bertz CT molecular complexity index is 721. The highest BCUT2D eigenvalue weighted by molar-refractivity contribution is 7.98. The van der Waals surface area contributed by atoms with E-state index in [1.165, 1.54) is 11.6 Å². The molecule has 2 aromatic carbocycles. The summed E-state index contributed by atoms with van der Waals surface area (Å²) in [6.07, 6.45) is -0.557. The van der Waals surface area contributed by atoms with Crippen molar-refractivity contribution in [3.05, 3.63) is 65.0 Å². The summed E-state index contributed by atoms with van der Waals surface area (Å²) in [5.41, 5.74) is 3.01. The third kappa shape index (κ3) is 6.09. The Labute approximate surface area is 153 Å². The smallest absolute Gasteiger partial charge is 0.260 e. The van der Waals surface area contributed by atoms with Crippen molar-refractivity contribution in [2.75, 3.05) is 12.3 Å². The van der Waals surface area contributed by atoms with Gasteiger partial charge in [0.25, 0.3) is 5.91 Å². The fourth-order valence-corrected chi connectivity index (χ4v) is 3.08. The second-order valence-electron chi connectivity index (χ2n) is 5.94. The molecule has 25 heavy (non-hydrogen) atoms. The molecule has 0 saturated heterocycles. The van der Waals surface area contributed by atoms with E-state index in [1.807, 2.05) is 38.1 Å². The lowest BCUT2D eigenvalue weighted by Crippen LogP contribution is -2.37. The maximum absolute atomic E-state index is 13.5. The monoisotopic (exact) mass is 361 g/mol. The zero-order chi connectivity index (χ0) is 18.2. The molecule has 0 aliphatic rings. The van der Waals surface area contributed by atoms with Crippen LogP contribution in [0.2, 0.25) is 0 Å². The van der Waals surface area contributed by atoms with E-state index in [9.17, 15) is 9.18 Å². The van der Waals surface area contributed by atoms with Crippen molar-refractivity contribution < 1.29 is 13.9 Å². The SMILES string of the molecule is Cc1ccc(O[C@@H](C)C(=O)NCCSCc2ccccc2F)cc1C. The molecule has 134 valence electrons. The predicted molar refractivity (Wildman–Crippen MR) is 102 cm³/mol. The number of halogens is 1. The number of hydrogen-bond donors (Lipinski definition) is 1. The Morgan fingerprint density at radius 1 is 1.20 bits per heavy atom. The number of rotatable bonds is 8. The predicted octanol–water partition coefficient (Wildman–Crippen LogP) is 4.26. The highest BCUT2D eigenvalue weighted by Gasteiger charge is 2.14. The maximum Gasteiger partial charge on any atom is 0.260 e. The molecule has 0 aliphatic heterocycles. The van der Waals surface area contributed by atoms with Gasteiger partial charge in [0.2, 0.25) is 0 Å². The van der Waals surface area contributed by atoms with Crippen LogP contribution in [0.15, 0.2) is 42.5 Å². The molecule has 0 unspecified atom stereocenters. The van der Waals surface area contributed by atoms with E-state index < -0.39 is 6.10 Å². The summed E-state index contributed by atoms with van der Waals surface area (Å²) >= 11 is 1.59. The molecule has 0 radical (unpaired) electrons. The van der Waals surface area contributed by atoms with Crippen molar-refractivity contribution in [3.63, 3.8) is 0 Å². The summed E-state index contributed by atoms with van der Waals surface area (Å²) in [7, 11) is 0. The zero-order valence-electron chi connectivity index (χ0n) is 14.8. The van der Waals surface area contributed by atoms with Crippen LogP contribution in [0.3, 0.4) is 0 Å². The molecular formula is C20H24FNO2S. The molecule has 0 bridgehead atoms. The molecule has 0 spiro atoms. The van der Waals surface area contributed by atoms with E-state index in [2.05, 4.69) is 5.32 Å². The van der Waals surface area contributed by atoms with Gasteiger partial charge in [-0.1, -0.05) is 24.3 Å². The Morgan fingerprint density at radius 2 is 1.96 bits per heavy atom. The first-order valence-electron chi connectivity index (χ1n) is 8.30. The van der Waals surface area contributed by atoms with Crippen LogP contribution in [0.4, 0.5) is 4.39 Å². The molecule has 0 fully saturated rings. The van der Waals surface area contributed by atoms with Gasteiger partial charge in [-0.15, -0.1) is 0 Å². The molecule has 0 aliphatic carbocycles. The van der Waals surface area contributed by atoms with Crippen molar-refractivity contribution in [2.45, 2.75) is 32.6 Å². The fraction of sp³-hybridized carbons (Fsp3) is 0.350. The highest BCUT2D eigenvalue weighted by Crippen LogP contribution is 2.18. The Morgan fingerprint density at radius 3 is 2.68 bits per heavy atom. The summed E-state index contributed by atoms with van der Waals surface area (Å²) in [4.78, 5) is 12.1. The first-order valence-corrected chi connectivity index (χ1v) is 9.45. The van der Waals surface area contributed by atoms with E-state index in [-0.39, 0.29) is 11.7 Å². The maximum atomic E-state index is 13.5. The van der Waals surface area contributed by atoms with Crippen LogP contribution >= 0.6 is 11.8 Å². The van der Waals surface area contributed by atoms with Gasteiger partial charge >= 0.3 is 0 Å². The summed E-state index contributed by atoms with van der Waals surface area (Å²) in [5, 5.41) is 2.85. The van der Waals surface area contributed by atoms with Gasteiger partial charge in [-0.3, -0.25) is 4.79 Å². The van der Waals surface area contributed by atoms with Crippen LogP contribution in [0.25, 0.3) is 0 Å². The molecule has 5 heteroatoms. The van der Waals surface area contributed by atoms with Gasteiger partial charge in [-0.05, 0) is 55.7 Å². The first-order chi connectivity index (χ1) is 12.0. The number of amides is 1. The van der Waals surface area contributed by atoms with Gasteiger partial charge in [-0.25, -0.2) is 4.39 Å². The summed E-state index contributed by atoms with van der Waals surface area (Å²) in [6, 6.07) is 12.5. The molecule has 3 nitrogen and oxygen atoms in total. The number of thioether (sulfide) groups is 1. The summed E-state index contributed by atoms with van der Waals surface area (Å²) < 4.78 is 19.2. The molecule has 1 amide bonds. The van der Waals surface area contributed by atoms with Crippen LogP contribution in [0.5, 0.6) is 5.75 Å². The average molecular weight is 361 g/mol. The van der Waals surface area contributed by atoms with Crippen LogP contribution in [0.1, 0.15) is 23.6 Å². The van der Waals surface area contributed by atoms with Crippen molar-refractivity contribution in [1.29, 1.82) is 0 Å². The average Bonchev–Trinajstić information content (AvgIpc) is 2.59. The third-order valence-corrected chi connectivity index (χ3v) is 4.93. The molecule has 2 rings (SSSR count). The van der Waals surface area contributed by atoms with Crippen LogP contribution in [-0.4, -0.2) is 24.3 Å². The van der Waals surface area contributed by atoms with Gasteiger partial charge in [0.05, 0.1) is 0 Å². The van der Waals surface area contributed by atoms with Crippen molar-refractivity contribution in [1.82, 2.24) is 5.32 Å². The molecule has 0 saturated carbocycles. The Balaban J connectivity index is 1.69. The first kappa shape index (κ1) is 19.3. The lowest BCUT2D eigenvalue weighted by Gasteiger charge is -2.15. The van der Waals surface area contributed by atoms with Gasteiger partial charge in [0, 0.05) is 18.1 Å². The highest BCUT2D eigenvalue weighted by atomic mass is 32.2. The fourth-order valence-electron chi connectivity index (χ4n) is 2.23. The largest absolute Gasteiger partial charge is 0.481 e. The summed E-state index contributed by atoms with van der Waals surface area (Å²) in [6.45, 7) is 6.31. The number of carbonyl (C=O) groups is 1. The minimum atomic E-state index is -0.557. The van der Waals surface area contributed by atoms with E-state index >= 15 is 0 Å². The van der Waals surface area contributed by atoms with Crippen molar-refractivity contribution in [3.8, 4) is 5.75 Å². The number of benzene rings is 2. The van der Waals surface area contributed by atoms with Crippen LogP contribution < -0.4 is 10.1 Å². The summed E-state index contributed by atoms with van der Waals surface area (Å²) in [5.74, 6) is 1.67. The van der Waals surface area contributed by atoms with E-state index in [4.69, 9.17) is 4.74 Å². The van der Waals surface area contributed by atoms with Gasteiger partial charge in [-0.2, -0.15) is 11.8 Å². The molecule has 1 N–H and O–H groups in total. The molecule has 0 heterocycles. The zero-order valence-corrected chi connectivity index (χ0v) is 15.7. The second-order valence-corrected chi connectivity index (χ2v) is 7.05. The van der Waals surface area contributed by atoms with Gasteiger partial charge in [0.1, 0.15) is 11.6 Å². The topological polar surface area (TPSA) is 38.3 Å². The lowest BCUT2D eigenvalue weighted by atomic mass is 10.1. The molecule has 1 atom stereocenters. The van der Waals surface area contributed by atoms with E-state index in [0.717, 1.165) is 11.3 Å². The Hall–Kier alpha value is -2.01. The van der Waals surface area contributed by atoms with Gasteiger partial charge in [0.15, 0.2) is 6.10 Å². The minimum Gasteiger partial charge on any atom is -0.481 e. The quantitative estimate of drug-likeness (QED) is 0.714. The van der Waals surface area contributed by atoms with E-state index in [0.29, 0.717) is 23.6 Å². The number of ether oxygens (including phenoxy) is 1. The number of aryl methyl sites for hydroxylation is 2. The third-order valence-electron chi connectivity index (χ3n) is 3.92. The van der Waals surface area contributed by atoms with Crippen LogP contribution in [-0.2, 0) is 10.5 Å². The van der Waals surface area contributed by atoms with Gasteiger partial charge < -0.3 is 10.1 Å². The number of nitrogens with one attached hydrogen (secondary N) is 1. The number of hydrogen-bond acceptors (Lipinski definition) is 3. The molecule has 0 aromatic heterocycles. The lowest BCUT2D eigenvalue weighted by molar-refractivity contribution is -0.127. The molecular weight excluding hydrogens is 337 g/mol. The number of carbonyl (C=O) groups excluding carboxylic acids is 1. The minimum absolute atomic E-state index is 0.148. The van der Waals surface area contributed by atoms with Crippen molar-refractivity contribution in [2.24, 2.45) is 0 Å². The Kier molecular flexibility index (Phi) is 7.31.